The van der Waals surface area contributed by atoms with Crippen LogP contribution in [0.25, 0.3) is 0 Å². The number of carboxylic acids is 1. The van der Waals surface area contributed by atoms with Gasteiger partial charge in [0, 0.05) is 6.54 Å². The molecule has 0 bridgehead atoms. The van der Waals surface area contributed by atoms with E-state index in [0.29, 0.717) is 12.4 Å². The Labute approximate surface area is 106 Å². The van der Waals surface area contributed by atoms with Gasteiger partial charge in [-0.3, -0.25) is 0 Å². The molecule has 4 heteroatoms. The molecule has 0 aliphatic carbocycles. The van der Waals surface area contributed by atoms with E-state index in [4.69, 9.17) is 5.11 Å². The van der Waals surface area contributed by atoms with E-state index < -0.39 is 5.97 Å². The topological polar surface area (TPSA) is 55.1 Å². The third kappa shape index (κ3) is 2.42. The highest BCUT2D eigenvalue weighted by atomic mass is 16.4. The van der Waals surface area contributed by atoms with Gasteiger partial charge in [-0.05, 0) is 24.5 Å². The van der Waals surface area contributed by atoms with E-state index in [1.54, 1.807) is 4.57 Å². The van der Waals surface area contributed by atoms with Crippen LogP contribution in [0.5, 0.6) is 0 Å². The zero-order chi connectivity index (χ0) is 13.1. The molecule has 0 atom stereocenters. The summed E-state index contributed by atoms with van der Waals surface area (Å²) in [6.07, 6.45) is 2.41. The molecule has 0 saturated carbocycles. The molecule has 0 aliphatic rings. The Kier molecular flexibility index (Phi) is 3.46. The highest BCUT2D eigenvalue weighted by Gasteiger charge is 2.13. The zero-order valence-corrected chi connectivity index (χ0v) is 10.6. The van der Waals surface area contributed by atoms with Crippen LogP contribution < -0.4 is 0 Å². The van der Waals surface area contributed by atoms with Crippen LogP contribution in [0.4, 0.5) is 0 Å². The number of rotatable bonds is 4. The third-order valence-corrected chi connectivity index (χ3v) is 3.05. The summed E-state index contributed by atoms with van der Waals surface area (Å²) in [5.74, 6) is -0.229. The first kappa shape index (κ1) is 12.4. The van der Waals surface area contributed by atoms with E-state index in [1.165, 1.54) is 11.8 Å². The molecule has 94 valence electrons. The minimum Gasteiger partial charge on any atom is -0.477 e. The van der Waals surface area contributed by atoms with Gasteiger partial charge in [0.05, 0.1) is 6.20 Å². The second kappa shape index (κ2) is 5.04. The van der Waals surface area contributed by atoms with E-state index in [-0.39, 0.29) is 5.69 Å². The second-order valence-corrected chi connectivity index (χ2v) is 4.25. The van der Waals surface area contributed by atoms with E-state index in [1.807, 2.05) is 19.1 Å². The summed E-state index contributed by atoms with van der Waals surface area (Å²) in [5.41, 5.74) is 2.59. The third-order valence-electron chi connectivity index (χ3n) is 3.05. The molecule has 4 nitrogen and oxygen atoms in total. The van der Waals surface area contributed by atoms with Crippen molar-refractivity contribution >= 4 is 5.97 Å². The van der Waals surface area contributed by atoms with Gasteiger partial charge in [-0.1, -0.05) is 31.2 Å². The van der Waals surface area contributed by atoms with Crippen molar-refractivity contribution in [2.45, 2.75) is 26.8 Å². The van der Waals surface area contributed by atoms with E-state index in [2.05, 4.69) is 24.0 Å². The summed E-state index contributed by atoms with van der Waals surface area (Å²) in [6.45, 7) is 4.46. The molecule has 0 unspecified atom stereocenters. The average Bonchev–Trinajstić information content (AvgIpc) is 2.72. The highest BCUT2D eigenvalue weighted by molar-refractivity contribution is 5.85. The lowest BCUT2D eigenvalue weighted by molar-refractivity contribution is 0.0685. The quantitative estimate of drug-likeness (QED) is 0.899. The monoisotopic (exact) mass is 244 g/mol. The predicted octanol–water partition coefficient (Wildman–Crippen LogP) is 2.50. The summed E-state index contributed by atoms with van der Waals surface area (Å²) < 4.78 is 1.71. The molecule has 1 heterocycles. The number of imidazole rings is 1. The Bertz CT molecular complexity index is 556. The molecule has 0 radical (unpaired) electrons. The summed E-state index contributed by atoms with van der Waals surface area (Å²) in [4.78, 5) is 15.1. The molecule has 0 aliphatic heterocycles. The van der Waals surface area contributed by atoms with Crippen LogP contribution in [0.15, 0.2) is 30.5 Å². The predicted molar refractivity (Wildman–Crippen MR) is 68.8 cm³/mol. The second-order valence-electron chi connectivity index (χ2n) is 4.25. The summed E-state index contributed by atoms with van der Waals surface area (Å²) in [6, 6.07) is 8.21. The molecule has 1 aromatic carbocycles. The Balaban J connectivity index is 2.27. The van der Waals surface area contributed by atoms with E-state index in [0.717, 1.165) is 12.0 Å². The number of carbonyl (C=O) groups is 1. The molecule has 1 N–H and O–H groups in total. The largest absolute Gasteiger partial charge is 0.477 e. The van der Waals surface area contributed by atoms with Crippen molar-refractivity contribution in [1.29, 1.82) is 0 Å². The first-order valence-electron chi connectivity index (χ1n) is 5.95. The Morgan fingerprint density at radius 1 is 1.28 bits per heavy atom. The smallest absolute Gasteiger partial charge is 0.354 e. The zero-order valence-electron chi connectivity index (χ0n) is 10.6. The van der Waals surface area contributed by atoms with Gasteiger partial charge in [0.25, 0.3) is 0 Å². The number of hydrogen-bond acceptors (Lipinski definition) is 2. The molecule has 18 heavy (non-hydrogen) atoms. The molecule has 2 rings (SSSR count). The van der Waals surface area contributed by atoms with Gasteiger partial charge in [-0.2, -0.15) is 0 Å². The van der Waals surface area contributed by atoms with Crippen LogP contribution in [-0.2, 0) is 13.0 Å². The molecule has 1 aromatic heterocycles. The van der Waals surface area contributed by atoms with Gasteiger partial charge in [-0.15, -0.1) is 0 Å². The van der Waals surface area contributed by atoms with Crippen LogP contribution in [0.2, 0.25) is 0 Å². The summed E-state index contributed by atoms with van der Waals surface area (Å²) in [5, 5.41) is 9.08. The molecule has 0 spiro atoms. The first-order chi connectivity index (χ1) is 8.61. The van der Waals surface area contributed by atoms with Crippen molar-refractivity contribution in [2.24, 2.45) is 0 Å². The normalized spacial score (nSPS) is 10.6. The SMILES string of the molecule is CCc1ccc(Cn2c(C(=O)O)cnc2C)cc1. The number of carboxylic acid groups (broad SMARTS) is 1. The highest BCUT2D eigenvalue weighted by Crippen LogP contribution is 2.11. The van der Waals surface area contributed by atoms with Crippen molar-refractivity contribution < 1.29 is 9.90 Å². The Morgan fingerprint density at radius 3 is 2.44 bits per heavy atom. The van der Waals surface area contributed by atoms with Crippen LogP contribution in [0.3, 0.4) is 0 Å². The number of aryl methyl sites for hydroxylation is 2. The van der Waals surface area contributed by atoms with Gasteiger partial charge in [-0.25, -0.2) is 9.78 Å². The molecule has 0 saturated heterocycles. The number of nitrogens with zero attached hydrogens (tertiary/aromatic N) is 2. The van der Waals surface area contributed by atoms with Crippen molar-refractivity contribution in [3.8, 4) is 0 Å². The lowest BCUT2D eigenvalue weighted by Crippen LogP contribution is -2.10. The fourth-order valence-electron chi connectivity index (χ4n) is 1.90. The maximum Gasteiger partial charge on any atom is 0.354 e. The average molecular weight is 244 g/mol. The van der Waals surface area contributed by atoms with Gasteiger partial charge in [0.2, 0.25) is 0 Å². The number of aromatic carboxylic acids is 1. The lowest BCUT2D eigenvalue weighted by atomic mass is 10.1. The Hall–Kier alpha value is -2.10. The Morgan fingerprint density at radius 2 is 1.89 bits per heavy atom. The van der Waals surface area contributed by atoms with E-state index >= 15 is 0 Å². The first-order valence-corrected chi connectivity index (χ1v) is 5.95. The molecular weight excluding hydrogens is 228 g/mol. The number of benzene rings is 1. The van der Waals surface area contributed by atoms with E-state index in [9.17, 15) is 4.79 Å². The van der Waals surface area contributed by atoms with Gasteiger partial charge >= 0.3 is 5.97 Å². The van der Waals surface area contributed by atoms with Crippen molar-refractivity contribution in [1.82, 2.24) is 9.55 Å². The van der Waals surface area contributed by atoms with Crippen LogP contribution in [0.1, 0.15) is 34.4 Å². The number of hydrogen-bond donors (Lipinski definition) is 1. The fraction of sp³-hybridized carbons (Fsp3) is 0.286. The fourth-order valence-corrected chi connectivity index (χ4v) is 1.90. The van der Waals surface area contributed by atoms with Gasteiger partial charge < -0.3 is 9.67 Å². The van der Waals surface area contributed by atoms with Crippen molar-refractivity contribution in [3.63, 3.8) is 0 Å². The summed E-state index contributed by atoms with van der Waals surface area (Å²) >= 11 is 0. The minimum absolute atomic E-state index is 0.229. The minimum atomic E-state index is -0.944. The van der Waals surface area contributed by atoms with Gasteiger partial charge in [0.15, 0.2) is 0 Å². The maximum absolute atomic E-state index is 11.1. The van der Waals surface area contributed by atoms with Crippen LogP contribution in [-0.4, -0.2) is 20.6 Å². The molecular formula is C14H16N2O2. The molecule has 0 fully saturated rings. The lowest BCUT2D eigenvalue weighted by Gasteiger charge is -2.08. The maximum atomic E-state index is 11.1. The van der Waals surface area contributed by atoms with Gasteiger partial charge in [0.1, 0.15) is 11.5 Å². The molecule has 0 amide bonds. The molecule has 2 aromatic rings. The van der Waals surface area contributed by atoms with Crippen LogP contribution in [0, 0.1) is 6.92 Å². The van der Waals surface area contributed by atoms with Crippen molar-refractivity contribution in [3.05, 3.63) is 53.1 Å². The number of aromatic nitrogens is 2. The van der Waals surface area contributed by atoms with Crippen molar-refractivity contribution in [2.75, 3.05) is 0 Å². The van der Waals surface area contributed by atoms with Crippen LogP contribution >= 0.6 is 0 Å². The standard InChI is InChI=1S/C14H16N2O2/c1-3-11-4-6-12(7-5-11)9-16-10(2)15-8-13(16)14(17)18/h4-8H,3,9H2,1-2H3,(H,17,18). The summed E-state index contributed by atoms with van der Waals surface area (Å²) in [7, 11) is 0.